The first kappa shape index (κ1) is 43.4. The fraction of sp³-hybridized carbons (Fsp3) is 0.405. The van der Waals surface area contributed by atoms with Gasteiger partial charge in [-0.05, 0) is 61.1 Å². The average Bonchev–Trinajstić information content (AvgIpc) is 3.86. The molecule has 4 heterocycles. The number of aromatic nitrogens is 6. The predicted molar refractivity (Wildman–Crippen MR) is 227 cm³/mol. The Morgan fingerprint density at radius 2 is 1.30 bits per heavy atom. The molecule has 1 aliphatic rings. The van der Waals surface area contributed by atoms with Gasteiger partial charge in [-0.2, -0.15) is 0 Å². The number of likely N-dealkylation sites (tertiary alicyclic amines) is 1. The van der Waals surface area contributed by atoms with Crippen LogP contribution >= 0.6 is 11.6 Å². The van der Waals surface area contributed by atoms with Crippen LogP contribution in [-0.4, -0.2) is 96.7 Å². The van der Waals surface area contributed by atoms with E-state index in [2.05, 4.69) is 35.9 Å². The summed E-state index contributed by atoms with van der Waals surface area (Å²) in [6, 6.07) is 15.6. The average molecular weight is 842 g/mol. The lowest BCUT2D eigenvalue weighted by molar-refractivity contribution is -0.933. The summed E-state index contributed by atoms with van der Waals surface area (Å²) in [5.74, 6) is 0.300. The predicted octanol–water partition coefficient (Wildman–Crippen LogP) is 3.13. The maximum absolute atomic E-state index is 13.3. The molecule has 1 saturated heterocycles. The molecule has 3 amide bonds. The van der Waals surface area contributed by atoms with E-state index < -0.39 is 5.91 Å². The van der Waals surface area contributed by atoms with Crippen molar-refractivity contribution in [3.63, 3.8) is 0 Å². The van der Waals surface area contributed by atoms with Gasteiger partial charge in [0.05, 0.1) is 69.4 Å². The second kappa shape index (κ2) is 20.7. The third kappa shape index (κ3) is 12.9. The van der Waals surface area contributed by atoms with E-state index in [0.717, 1.165) is 80.6 Å². The van der Waals surface area contributed by atoms with E-state index >= 15 is 0 Å². The van der Waals surface area contributed by atoms with Crippen molar-refractivity contribution in [1.82, 2.24) is 45.0 Å². The zero-order valence-corrected chi connectivity index (χ0v) is 34.9. The minimum absolute atomic E-state index is 0.0248. The number of nitrogens with zero attached hydrogens (tertiary/aromatic N) is 7. The first-order chi connectivity index (χ1) is 28.9. The number of halogens is 1. The maximum atomic E-state index is 13.3. The van der Waals surface area contributed by atoms with Crippen LogP contribution in [-0.2, 0) is 49.6 Å². The molecule has 5 aromatic rings. The Balaban J connectivity index is 1.01. The Labute approximate surface area is 354 Å². The van der Waals surface area contributed by atoms with Crippen molar-refractivity contribution >= 4 is 41.0 Å². The molecule has 6 rings (SSSR count). The first-order valence-corrected chi connectivity index (χ1v) is 20.4. The number of anilines is 2. The molecular weight excluding hydrogens is 788 g/mol. The van der Waals surface area contributed by atoms with Gasteiger partial charge in [-0.1, -0.05) is 35.9 Å². The molecule has 18 heteroatoms. The number of nitrogen functional groups attached to an aromatic ring is 2. The molecule has 1 fully saturated rings. The van der Waals surface area contributed by atoms with Gasteiger partial charge in [-0.25, -0.2) is 19.9 Å². The number of aryl methyl sites for hydroxylation is 4. The van der Waals surface area contributed by atoms with Crippen LogP contribution < -0.4 is 36.9 Å². The van der Waals surface area contributed by atoms with Crippen LogP contribution in [0.1, 0.15) is 58.7 Å². The number of hydrogen-bond acceptors (Lipinski definition) is 11. The number of carbonyl (C=O) groups is 3. The van der Waals surface area contributed by atoms with Gasteiger partial charge in [-0.3, -0.25) is 14.4 Å². The molecule has 3 aromatic heterocycles. The van der Waals surface area contributed by atoms with Gasteiger partial charge in [0.2, 0.25) is 0 Å². The highest BCUT2D eigenvalue weighted by atomic mass is 35.5. The Kier molecular flexibility index (Phi) is 14.9. The highest BCUT2D eigenvalue weighted by Gasteiger charge is 2.35. The molecule has 0 saturated carbocycles. The van der Waals surface area contributed by atoms with Gasteiger partial charge in [-0.15, -0.1) is 0 Å². The Morgan fingerprint density at radius 3 is 1.78 bits per heavy atom. The number of rotatable bonds is 20. The fourth-order valence-corrected chi connectivity index (χ4v) is 7.58. The van der Waals surface area contributed by atoms with E-state index in [1.54, 1.807) is 12.7 Å². The highest BCUT2D eigenvalue weighted by molar-refractivity contribution is 6.31. The molecule has 0 bridgehead atoms. The number of quaternary nitrogens is 1. The number of benzene rings is 2. The van der Waals surface area contributed by atoms with Crippen molar-refractivity contribution in [1.29, 1.82) is 0 Å². The number of nitrogens with one attached hydrogen (secondary N) is 3. The minimum Gasteiger partial charge on any atom is -0.484 e. The minimum atomic E-state index is -0.423. The summed E-state index contributed by atoms with van der Waals surface area (Å²) in [7, 11) is 3.76. The summed E-state index contributed by atoms with van der Waals surface area (Å²) >= 11 is 6.08. The van der Waals surface area contributed by atoms with E-state index in [1.165, 1.54) is 11.1 Å². The van der Waals surface area contributed by atoms with Gasteiger partial charge in [0.25, 0.3) is 17.7 Å². The number of imidazole rings is 2. The smallest absolute Gasteiger partial charge is 0.274 e. The van der Waals surface area contributed by atoms with Gasteiger partial charge in [0.15, 0.2) is 35.7 Å². The third-order valence-corrected chi connectivity index (χ3v) is 10.8. The summed E-state index contributed by atoms with van der Waals surface area (Å²) < 4.78 is 16.0. The quantitative estimate of drug-likeness (QED) is 0.0717. The number of amides is 3. The monoisotopic (exact) mass is 841 g/mol. The fourth-order valence-electron chi connectivity index (χ4n) is 7.46. The van der Waals surface area contributed by atoms with Gasteiger partial charge >= 0.3 is 0 Å². The molecule has 1 atom stereocenters. The lowest BCUT2D eigenvalue weighted by atomic mass is 9.99. The van der Waals surface area contributed by atoms with Gasteiger partial charge < -0.3 is 50.5 Å². The lowest BCUT2D eigenvalue weighted by Gasteiger charge is -2.45. The second-order valence-electron chi connectivity index (χ2n) is 15.3. The number of hydrogen-bond donors (Lipinski definition) is 5. The molecule has 2 aromatic carbocycles. The van der Waals surface area contributed by atoms with Crippen LogP contribution in [0.4, 0.5) is 11.6 Å². The lowest BCUT2D eigenvalue weighted by Crippen LogP contribution is -2.60. The molecule has 60 heavy (non-hydrogen) atoms. The third-order valence-electron chi connectivity index (χ3n) is 10.5. The Morgan fingerprint density at radius 1 is 0.783 bits per heavy atom. The number of carbonyl (C=O) groups excluding carboxylic acids is 3. The van der Waals surface area contributed by atoms with Gasteiger partial charge in [0.1, 0.15) is 11.5 Å². The summed E-state index contributed by atoms with van der Waals surface area (Å²) in [5.41, 5.74) is 15.6. The van der Waals surface area contributed by atoms with E-state index in [4.69, 9.17) is 32.5 Å². The van der Waals surface area contributed by atoms with Crippen LogP contribution in [0, 0.1) is 0 Å². The topological polar surface area (TPSA) is 219 Å². The summed E-state index contributed by atoms with van der Waals surface area (Å²) in [5, 5.41) is 8.73. The van der Waals surface area contributed by atoms with E-state index in [-0.39, 0.29) is 53.6 Å². The first-order valence-electron chi connectivity index (χ1n) is 20.1. The standard InChI is InChI=1S/C42H53ClN12O5/c1-53-22-32(48-27-53)20-46-36(56)25-59-34-13-9-29(10-14-34)6-3-17-55(19-5-8-31(24-55)50-42(58)38-40(44)52-41(45)39(43)51-38)18-4-7-30-11-15-35(16-12-30)60-26-37(57)47-21-33-23-54(2)28-49-33/h9-16,22-23,27-28,31H,3-8,17-21,24-26H2,1-2H3,(H6-,44,45,46,47,50,52,56,57,58)/p+1/t31-/m0/s1. The van der Waals surface area contributed by atoms with Crippen molar-refractivity contribution in [2.45, 2.75) is 57.7 Å². The SMILES string of the molecule is Cn1cnc(CNC(=O)COc2ccc(CCC[N+]3(CCCc4ccc(OCC(=O)NCc5cn(C)cn5)cc4)CCC[C@H](NC(=O)c4nc(Cl)c(N)nc4N)C3)cc2)c1. The molecule has 0 unspecified atom stereocenters. The van der Waals surface area contributed by atoms with Crippen LogP contribution in [0.15, 0.2) is 73.6 Å². The van der Waals surface area contributed by atoms with Crippen molar-refractivity contribution < 1.29 is 28.3 Å². The van der Waals surface area contributed by atoms with Crippen LogP contribution in [0.25, 0.3) is 0 Å². The van der Waals surface area contributed by atoms with E-state index in [0.29, 0.717) is 24.6 Å². The summed E-state index contributed by atoms with van der Waals surface area (Å²) in [6.07, 6.45) is 12.4. The van der Waals surface area contributed by atoms with Crippen LogP contribution in [0.5, 0.6) is 11.5 Å². The highest BCUT2D eigenvalue weighted by Crippen LogP contribution is 2.25. The largest absolute Gasteiger partial charge is 0.484 e. The molecule has 318 valence electrons. The van der Waals surface area contributed by atoms with Gasteiger partial charge in [0, 0.05) is 39.3 Å². The van der Waals surface area contributed by atoms with Crippen molar-refractivity contribution in [2.24, 2.45) is 14.1 Å². The molecule has 0 spiro atoms. The zero-order chi connectivity index (χ0) is 42.5. The van der Waals surface area contributed by atoms with Crippen molar-refractivity contribution in [3.8, 4) is 11.5 Å². The maximum Gasteiger partial charge on any atom is 0.274 e. The Hall–Kier alpha value is -6.20. The normalized spacial score (nSPS) is 14.6. The Bertz CT molecular complexity index is 2100. The number of nitrogens with two attached hydrogens (primary N) is 2. The molecule has 17 nitrogen and oxygen atoms in total. The summed E-state index contributed by atoms with van der Waals surface area (Å²) in [6.45, 7) is 4.11. The number of piperidine rings is 1. The molecule has 7 N–H and O–H groups in total. The second-order valence-corrected chi connectivity index (χ2v) is 15.7. The molecule has 0 radical (unpaired) electrons. The zero-order valence-electron chi connectivity index (χ0n) is 34.1. The summed E-state index contributed by atoms with van der Waals surface area (Å²) in [4.78, 5) is 54.5. The molecule has 1 aliphatic heterocycles. The van der Waals surface area contributed by atoms with Crippen LogP contribution in [0.3, 0.4) is 0 Å². The van der Waals surface area contributed by atoms with E-state index in [1.807, 2.05) is 84.2 Å². The van der Waals surface area contributed by atoms with Crippen molar-refractivity contribution in [2.75, 3.05) is 50.9 Å². The van der Waals surface area contributed by atoms with Crippen molar-refractivity contribution in [3.05, 3.63) is 107 Å². The van der Waals surface area contributed by atoms with Crippen LogP contribution in [0.2, 0.25) is 5.15 Å². The molecular formula is C42H54ClN12O5+. The number of ether oxygens (including phenoxy) is 2. The molecule has 0 aliphatic carbocycles. The van der Waals surface area contributed by atoms with E-state index in [9.17, 15) is 14.4 Å².